The highest BCUT2D eigenvalue weighted by molar-refractivity contribution is 5.94. The maximum atomic E-state index is 12.2. The average molecular weight is 277 g/mol. The minimum Gasteiger partial charge on any atom is -0.481 e. The molecule has 1 unspecified atom stereocenters. The Morgan fingerprint density at radius 2 is 1.85 bits per heavy atom. The van der Waals surface area contributed by atoms with Crippen molar-refractivity contribution in [3.8, 4) is 0 Å². The lowest BCUT2D eigenvalue weighted by molar-refractivity contribution is -0.141. The number of nitrogens with zero attached hydrogens (tertiary/aromatic N) is 3. The average Bonchev–Trinajstić information content (AvgIpc) is 2.48. The van der Waals surface area contributed by atoms with Gasteiger partial charge in [0.15, 0.2) is 0 Å². The number of pyridine rings is 1. The summed E-state index contributed by atoms with van der Waals surface area (Å²) in [4.78, 5) is 30.9. The van der Waals surface area contributed by atoms with Gasteiger partial charge in [0.05, 0.1) is 5.92 Å². The van der Waals surface area contributed by atoms with Crippen LogP contribution in [0.25, 0.3) is 0 Å². The van der Waals surface area contributed by atoms with Gasteiger partial charge in [-0.2, -0.15) is 0 Å². The molecule has 1 saturated heterocycles. The van der Waals surface area contributed by atoms with Gasteiger partial charge in [0.1, 0.15) is 0 Å². The molecular weight excluding hydrogens is 258 g/mol. The molecule has 1 aromatic rings. The van der Waals surface area contributed by atoms with Crippen LogP contribution < -0.4 is 0 Å². The summed E-state index contributed by atoms with van der Waals surface area (Å²) in [6.45, 7) is 4.94. The molecule has 1 aliphatic heterocycles. The number of piperazine rings is 1. The summed E-state index contributed by atoms with van der Waals surface area (Å²) in [5, 5.41) is 8.90. The van der Waals surface area contributed by atoms with Gasteiger partial charge in [-0.25, -0.2) is 0 Å². The molecule has 0 aliphatic carbocycles. The van der Waals surface area contributed by atoms with E-state index in [4.69, 9.17) is 5.11 Å². The van der Waals surface area contributed by atoms with Gasteiger partial charge in [-0.3, -0.25) is 19.5 Å². The molecule has 6 heteroatoms. The minimum absolute atomic E-state index is 0.0123. The van der Waals surface area contributed by atoms with E-state index in [0.717, 1.165) is 0 Å². The molecule has 1 N–H and O–H groups in total. The Morgan fingerprint density at radius 1 is 1.25 bits per heavy atom. The van der Waals surface area contributed by atoms with Crippen molar-refractivity contribution in [2.75, 3.05) is 32.7 Å². The predicted molar refractivity (Wildman–Crippen MR) is 73.4 cm³/mol. The monoisotopic (exact) mass is 277 g/mol. The van der Waals surface area contributed by atoms with Crippen molar-refractivity contribution < 1.29 is 14.7 Å². The predicted octanol–water partition coefficient (Wildman–Crippen LogP) is 0.560. The quantitative estimate of drug-likeness (QED) is 0.870. The molecule has 2 rings (SSSR count). The standard InChI is InChI=1S/C14H19N3O3/c1-11(14(19)20)10-16-6-8-17(9-7-16)13(18)12-2-4-15-5-3-12/h2-5,11H,6-10H2,1H3,(H,19,20). The molecule has 108 valence electrons. The van der Waals surface area contributed by atoms with Crippen LogP contribution in [0.4, 0.5) is 0 Å². The summed E-state index contributed by atoms with van der Waals surface area (Å²) in [5.41, 5.74) is 0.646. The summed E-state index contributed by atoms with van der Waals surface area (Å²) in [6, 6.07) is 3.42. The molecular formula is C14H19N3O3. The molecule has 2 heterocycles. The number of carboxylic acids is 1. The summed E-state index contributed by atoms with van der Waals surface area (Å²) < 4.78 is 0. The van der Waals surface area contributed by atoms with Gasteiger partial charge in [0.2, 0.25) is 0 Å². The maximum Gasteiger partial charge on any atom is 0.307 e. The lowest BCUT2D eigenvalue weighted by Crippen LogP contribution is -2.50. The van der Waals surface area contributed by atoms with E-state index in [2.05, 4.69) is 9.88 Å². The largest absolute Gasteiger partial charge is 0.481 e. The third-order valence-electron chi connectivity index (χ3n) is 3.54. The zero-order valence-electron chi connectivity index (χ0n) is 11.5. The van der Waals surface area contributed by atoms with Crippen molar-refractivity contribution in [1.82, 2.24) is 14.8 Å². The van der Waals surface area contributed by atoms with Crippen LogP contribution in [-0.4, -0.2) is 64.5 Å². The molecule has 1 amide bonds. The Labute approximate surface area is 118 Å². The van der Waals surface area contributed by atoms with E-state index < -0.39 is 5.97 Å². The smallest absolute Gasteiger partial charge is 0.307 e. The van der Waals surface area contributed by atoms with Gasteiger partial charge in [-0.05, 0) is 12.1 Å². The van der Waals surface area contributed by atoms with E-state index in [1.165, 1.54) is 0 Å². The van der Waals surface area contributed by atoms with Crippen LogP contribution in [0.1, 0.15) is 17.3 Å². The molecule has 1 aromatic heterocycles. The summed E-state index contributed by atoms with van der Waals surface area (Å²) in [6.07, 6.45) is 3.22. The van der Waals surface area contributed by atoms with Crippen LogP contribution >= 0.6 is 0 Å². The van der Waals surface area contributed by atoms with Crippen LogP contribution in [0.5, 0.6) is 0 Å². The summed E-state index contributed by atoms with van der Waals surface area (Å²) >= 11 is 0. The molecule has 1 fully saturated rings. The summed E-state index contributed by atoms with van der Waals surface area (Å²) in [5.74, 6) is -1.14. The van der Waals surface area contributed by atoms with E-state index >= 15 is 0 Å². The Balaban J connectivity index is 1.85. The second kappa shape index (κ2) is 6.47. The van der Waals surface area contributed by atoms with E-state index in [-0.39, 0.29) is 11.8 Å². The number of amides is 1. The van der Waals surface area contributed by atoms with Crippen molar-refractivity contribution in [2.24, 2.45) is 5.92 Å². The SMILES string of the molecule is CC(CN1CCN(C(=O)c2ccncc2)CC1)C(=O)O. The first-order chi connectivity index (χ1) is 9.58. The van der Waals surface area contributed by atoms with Gasteiger partial charge in [0.25, 0.3) is 5.91 Å². The van der Waals surface area contributed by atoms with Crippen molar-refractivity contribution in [3.63, 3.8) is 0 Å². The first kappa shape index (κ1) is 14.5. The second-order valence-electron chi connectivity index (χ2n) is 5.07. The van der Waals surface area contributed by atoms with Gasteiger partial charge < -0.3 is 10.0 Å². The molecule has 0 saturated carbocycles. The van der Waals surface area contributed by atoms with Crippen molar-refractivity contribution in [2.45, 2.75) is 6.92 Å². The van der Waals surface area contributed by atoms with E-state index in [0.29, 0.717) is 38.3 Å². The van der Waals surface area contributed by atoms with E-state index in [1.54, 1.807) is 36.4 Å². The normalized spacial score (nSPS) is 17.8. The molecule has 1 aliphatic rings. The Hall–Kier alpha value is -1.95. The number of aromatic nitrogens is 1. The zero-order chi connectivity index (χ0) is 14.5. The fourth-order valence-electron chi connectivity index (χ4n) is 2.28. The van der Waals surface area contributed by atoms with Gasteiger partial charge >= 0.3 is 5.97 Å². The van der Waals surface area contributed by atoms with Crippen LogP contribution in [0.2, 0.25) is 0 Å². The third-order valence-corrected chi connectivity index (χ3v) is 3.54. The molecule has 0 bridgehead atoms. The topological polar surface area (TPSA) is 73.7 Å². The molecule has 6 nitrogen and oxygen atoms in total. The van der Waals surface area contributed by atoms with E-state index in [1.807, 2.05) is 0 Å². The van der Waals surface area contributed by atoms with Crippen LogP contribution in [-0.2, 0) is 4.79 Å². The van der Waals surface area contributed by atoms with Crippen molar-refractivity contribution >= 4 is 11.9 Å². The number of hydrogen-bond acceptors (Lipinski definition) is 4. The fourth-order valence-corrected chi connectivity index (χ4v) is 2.28. The third kappa shape index (κ3) is 3.54. The van der Waals surface area contributed by atoms with Gasteiger partial charge in [0, 0.05) is 50.7 Å². The highest BCUT2D eigenvalue weighted by Crippen LogP contribution is 2.09. The molecule has 0 radical (unpaired) electrons. The number of carbonyl (C=O) groups is 2. The number of carboxylic acid groups (broad SMARTS) is 1. The molecule has 1 atom stereocenters. The highest BCUT2D eigenvalue weighted by atomic mass is 16.4. The Kier molecular flexibility index (Phi) is 4.68. The van der Waals surface area contributed by atoms with Crippen LogP contribution in [0, 0.1) is 5.92 Å². The van der Waals surface area contributed by atoms with Crippen molar-refractivity contribution in [3.05, 3.63) is 30.1 Å². The zero-order valence-corrected chi connectivity index (χ0v) is 11.5. The van der Waals surface area contributed by atoms with Crippen LogP contribution in [0.3, 0.4) is 0 Å². The van der Waals surface area contributed by atoms with Gasteiger partial charge in [-0.1, -0.05) is 6.92 Å². The lowest BCUT2D eigenvalue weighted by Gasteiger charge is -2.35. The minimum atomic E-state index is -0.778. The molecule has 20 heavy (non-hydrogen) atoms. The number of aliphatic carboxylic acids is 1. The first-order valence-corrected chi connectivity index (χ1v) is 6.72. The fraction of sp³-hybridized carbons (Fsp3) is 0.500. The Morgan fingerprint density at radius 3 is 2.40 bits per heavy atom. The summed E-state index contributed by atoms with van der Waals surface area (Å²) in [7, 11) is 0. The number of rotatable bonds is 4. The maximum absolute atomic E-state index is 12.2. The second-order valence-corrected chi connectivity index (χ2v) is 5.07. The molecule has 0 spiro atoms. The first-order valence-electron chi connectivity index (χ1n) is 6.72. The number of carbonyl (C=O) groups excluding carboxylic acids is 1. The highest BCUT2D eigenvalue weighted by Gasteiger charge is 2.24. The van der Waals surface area contributed by atoms with E-state index in [9.17, 15) is 9.59 Å². The van der Waals surface area contributed by atoms with Crippen LogP contribution in [0.15, 0.2) is 24.5 Å². The molecule has 0 aromatic carbocycles. The number of hydrogen-bond donors (Lipinski definition) is 1. The van der Waals surface area contributed by atoms with Crippen molar-refractivity contribution in [1.29, 1.82) is 0 Å². The van der Waals surface area contributed by atoms with Gasteiger partial charge in [-0.15, -0.1) is 0 Å². The lowest BCUT2D eigenvalue weighted by atomic mass is 10.1. The Bertz CT molecular complexity index is 470.